The molecule has 2 rings (SSSR count). The third-order valence-corrected chi connectivity index (χ3v) is 4.11. The van der Waals surface area contributed by atoms with Gasteiger partial charge in [-0.3, -0.25) is 4.72 Å². The first-order chi connectivity index (χ1) is 10.5. The van der Waals surface area contributed by atoms with Gasteiger partial charge in [0.05, 0.1) is 16.1 Å². The van der Waals surface area contributed by atoms with Gasteiger partial charge in [-0.1, -0.05) is 6.07 Å². The van der Waals surface area contributed by atoms with Gasteiger partial charge in [-0.15, -0.1) is 0 Å². The summed E-state index contributed by atoms with van der Waals surface area (Å²) in [5, 5.41) is 0. The fraction of sp³-hybridized carbons (Fsp3) is 0.0769. The van der Waals surface area contributed by atoms with Gasteiger partial charge in [0.1, 0.15) is 0 Å². The third kappa shape index (κ3) is 3.58. The fourth-order valence-electron chi connectivity index (χ4n) is 1.65. The van der Waals surface area contributed by atoms with Crippen molar-refractivity contribution in [2.24, 2.45) is 0 Å². The first-order valence-electron chi connectivity index (χ1n) is 5.86. The van der Waals surface area contributed by atoms with Gasteiger partial charge >= 0.3 is 6.18 Å². The maximum atomic E-state index is 13.5. The minimum absolute atomic E-state index is 0.333. The molecule has 0 bridgehead atoms. The summed E-state index contributed by atoms with van der Waals surface area (Å²) in [7, 11) is -4.63. The van der Waals surface area contributed by atoms with Crippen LogP contribution < -0.4 is 4.72 Å². The topological polar surface area (TPSA) is 46.2 Å². The molecule has 0 heterocycles. The molecule has 124 valence electrons. The van der Waals surface area contributed by atoms with Crippen molar-refractivity contribution in [1.82, 2.24) is 0 Å². The van der Waals surface area contributed by atoms with Gasteiger partial charge in [-0.05, 0) is 30.3 Å². The molecular weight excluding hydrogens is 348 g/mol. The normalized spacial score (nSPS) is 12.3. The third-order valence-electron chi connectivity index (χ3n) is 2.75. The zero-order chi connectivity index (χ0) is 17.4. The van der Waals surface area contributed by atoms with E-state index in [1.165, 1.54) is 0 Å². The Balaban J connectivity index is 2.43. The molecule has 0 spiro atoms. The molecule has 3 nitrogen and oxygen atoms in total. The molecule has 0 saturated heterocycles. The lowest BCUT2D eigenvalue weighted by molar-refractivity contribution is -0.137. The Kier molecular flexibility index (Phi) is 4.29. The van der Waals surface area contributed by atoms with E-state index >= 15 is 0 Å². The standard InChI is InChI=1S/C13H7F6NO2S/c14-9-4-5-10(12(16)11(9)15)20-23(21,22)8-3-1-2-7(6-8)13(17,18)19/h1-6,20H. The van der Waals surface area contributed by atoms with Crippen LogP contribution in [0.2, 0.25) is 0 Å². The molecule has 0 saturated carbocycles. The van der Waals surface area contributed by atoms with Crippen molar-refractivity contribution in [2.45, 2.75) is 11.1 Å². The van der Waals surface area contributed by atoms with E-state index in [-0.39, 0.29) is 0 Å². The van der Waals surface area contributed by atoms with Crippen molar-refractivity contribution in [3.8, 4) is 0 Å². The summed E-state index contributed by atoms with van der Waals surface area (Å²) >= 11 is 0. The Hall–Kier alpha value is -2.23. The van der Waals surface area contributed by atoms with Gasteiger partial charge in [0, 0.05) is 0 Å². The second-order valence-electron chi connectivity index (χ2n) is 4.35. The molecule has 0 radical (unpaired) electrons. The van der Waals surface area contributed by atoms with Crippen LogP contribution in [0.15, 0.2) is 41.3 Å². The number of halogens is 6. The quantitative estimate of drug-likeness (QED) is 0.670. The average molecular weight is 355 g/mol. The summed E-state index contributed by atoms with van der Waals surface area (Å²) in [6.07, 6.45) is -4.78. The second kappa shape index (κ2) is 5.76. The molecular formula is C13H7F6NO2S. The lowest BCUT2D eigenvalue weighted by atomic mass is 10.2. The number of nitrogens with one attached hydrogen (secondary N) is 1. The highest BCUT2D eigenvalue weighted by Crippen LogP contribution is 2.31. The van der Waals surface area contributed by atoms with Crippen molar-refractivity contribution < 1.29 is 34.8 Å². The monoisotopic (exact) mass is 355 g/mol. The van der Waals surface area contributed by atoms with Crippen LogP contribution in [0.5, 0.6) is 0 Å². The lowest BCUT2D eigenvalue weighted by Gasteiger charge is -2.12. The highest BCUT2D eigenvalue weighted by molar-refractivity contribution is 7.92. The fourth-order valence-corrected chi connectivity index (χ4v) is 2.75. The Morgan fingerprint density at radius 1 is 0.913 bits per heavy atom. The minimum atomic E-state index is -4.78. The maximum Gasteiger partial charge on any atom is 0.416 e. The molecule has 2 aromatic carbocycles. The first kappa shape index (κ1) is 17.1. The highest BCUT2D eigenvalue weighted by Gasteiger charge is 2.32. The molecule has 0 fully saturated rings. The Morgan fingerprint density at radius 3 is 2.17 bits per heavy atom. The number of hydrogen-bond donors (Lipinski definition) is 1. The predicted octanol–water partition coefficient (Wildman–Crippen LogP) is 3.92. The number of sulfonamides is 1. The minimum Gasteiger partial charge on any atom is -0.277 e. The van der Waals surface area contributed by atoms with Gasteiger partial charge in [0.15, 0.2) is 17.5 Å². The van der Waals surface area contributed by atoms with Crippen LogP contribution in [-0.2, 0) is 16.2 Å². The van der Waals surface area contributed by atoms with E-state index in [0.717, 1.165) is 12.1 Å². The van der Waals surface area contributed by atoms with Gasteiger partial charge in [0.25, 0.3) is 10.0 Å². The van der Waals surface area contributed by atoms with E-state index in [2.05, 4.69) is 0 Å². The zero-order valence-corrected chi connectivity index (χ0v) is 11.8. The van der Waals surface area contributed by atoms with Gasteiger partial charge in [-0.25, -0.2) is 21.6 Å². The van der Waals surface area contributed by atoms with Gasteiger partial charge in [-0.2, -0.15) is 13.2 Å². The van der Waals surface area contributed by atoms with E-state index in [9.17, 15) is 34.8 Å². The average Bonchev–Trinajstić information content (AvgIpc) is 2.47. The van der Waals surface area contributed by atoms with Crippen LogP contribution in [0.4, 0.5) is 32.0 Å². The summed E-state index contributed by atoms with van der Waals surface area (Å²) in [6.45, 7) is 0. The van der Waals surface area contributed by atoms with Crippen molar-refractivity contribution in [3.63, 3.8) is 0 Å². The molecule has 23 heavy (non-hydrogen) atoms. The molecule has 2 aromatic rings. The van der Waals surface area contributed by atoms with Crippen LogP contribution in [-0.4, -0.2) is 8.42 Å². The predicted molar refractivity (Wildman–Crippen MR) is 68.6 cm³/mol. The van der Waals surface area contributed by atoms with Crippen molar-refractivity contribution >= 4 is 15.7 Å². The number of anilines is 1. The van der Waals surface area contributed by atoms with Crippen LogP contribution in [0.25, 0.3) is 0 Å². The van der Waals surface area contributed by atoms with E-state index in [1.807, 2.05) is 0 Å². The number of alkyl halides is 3. The van der Waals surface area contributed by atoms with Crippen LogP contribution >= 0.6 is 0 Å². The highest BCUT2D eigenvalue weighted by atomic mass is 32.2. The largest absolute Gasteiger partial charge is 0.416 e. The first-order valence-corrected chi connectivity index (χ1v) is 7.34. The second-order valence-corrected chi connectivity index (χ2v) is 6.04. The smallest absolute Gasteiger partial charge is 0.277 e. The number of rotatable bonds is 3. The summed E-state index contributed by atoms with van der Waals surface area (Å²) in [4.78, 5) is -0.809. The van der Waals surface area contributed by atoms with E-state index < -0.39 is 49.8 Å². The SMILES string of the molecule is O=S(=O)(Nc1ccc(F)c(F)c1F)c1cccc(C(F)(F)F)c1. The Labute approximate surface area is 126 Å². The molecule has 0 aliphatic heterocycles. The van der Waals surface area contributed by atoms with Crippen molar-refractivity contribution in [2.75, 3.05) is 4.72 Å². The molecule has 10 heteroatoms. The molecule has 0 amide bonds. The molecule has 0 unspecified atom stereocenters. The van der Waals surface area contributed by atoms with E-state index in [0.29, 0.717) is 24.3 Å². The summed E-state index contributed by atoms with van der Waals surface area (Å²) in [5.74, 6) is -5.25. The number of hydrogen-bond acceptors (Lipinski definition) is 2. The molecule has 0 aliphatic carbocycles. The molecule has 0 aliphatic rings. The molecule has 0 atom stereocenters. The van der Waals surface area contributed by atoms with E-state index in [4.69, 9.17) is 0 Å². The van der Waals surface area contributed by atoms with Crippen LogP contribution in [0.3, 0.4) is 0 Å². The van der Waals surface area contributed by atoms with Crippen molar-refractivity contribution in [1.29, 1.82) is 0 Å². The van der Waals surface area contributed by atoms with Gasteiger partial charge in [0.2, 0.25) is 0 Å². The lowest BCUT2D eigenvalue weighted by Crippen LogP contribution is -2.16. The summed E-state index contributed by atoms with van der Waals surface area (Å²) in [6, 6.07) is 3.76. The van der Waals surface area contributed by atoms with Crippen LogP contribution in [0.1, 0.15) is 5.56 Å². The number of benzene rings is 2. The molecule has 1 N–H and O–H groups in total. The zero-order valence-electron chi connectivity index (χ0n) is 11.0. The maximum absolute atomic E-state index is 13.5. The Bertz CT molecular complexity index is 848. The summed E-state index contributed by atoms with van der Waals surface area (Å²) in [5.41, 5.74) is -2.16. The van der Waals surface area contributed by atoms with Crippen molar-refractivity contribution in [3.05, 3.63) is 59.4 Å². The van der Waals surface area contributed by atoms with Crippen LogP contribution in [0, 0.1) is 17.5 Å². The molecule has 0 aromatic heterocycles. The summed E-state index contributed by atoms with van der Waals surface area (Å²) < 4.78 is 103. The van der Waals surface area contributed by atoms with Gasteiger partial charge < -0.3 is 0 Å². The van der Waals surface area contributed by atoms with E-state index in [1.54, 1.807) is 4.72 Å². The Morgan fingerprint density at radius 2 is 1.57 bits per heavy atom.